The average molecular weight is 332 g/mol. The molecule has 0 atom stereocenters. The molecule has 0 unspecified atom stereocenters. The van der Waals surface area contributed by atoms with Gasteiger partial charge in [0.2, 0.25) is 0 Å². The van der Waals surface area contributed by atoms with E-state index in [2.05, 4.69) is 20.2 Å². The van der Waals surface area contributed by atoms with Crippen molar-refractivity contribution < 1.29 is 9.47 Å². The molecule has 0 fully saturated rings. The number of hydrogen-bond donors (Lipinski definition) is 1. The van der Waals surface area contributed by atoms with Gasteiger partial charge in [-0.05, 0) is 36.4 Å². The summed E-state index contributed by atoms with van der Waals surface area (Å²) in [7, 11) is 3.24. The minimum absolute atomic E-state index is 0.660. The van der Waals surface area contributed by atoms with Gasteiger partial charge in [0.1, 0.15) is 5.69 Å². The fourth-order valence-electron chi connectivity index (χ4n) is 2.89. The van der Waals surface area contributed by atoms with Crippen molar-refractivity contribution in [2.24, 2.45) is 0 Å². The fraction of sp³-hybridized carbons (Fsp3) is 0.105. The van der Waals surface area contributed by atoms with Crippen LogP contribution >= 0.6 is 0 Å². The number of fused-ring (bicyclic) bond motifs is 1. The molecule has 1 N–H and O–H groups in total. The van der Waals surface area contributed by atoms with E-state index in [1.165, 1.54) is 0 Å². The van der Waals surface area contributed by atoms with Crippen LogP contribution in [0.3, 0.4) is 0 Å². The standard InChI is InChI=1S/C19H16N4O2/c1-24-15-4-3-13(11-16(15)25-2)18-17-14(7-10-21-18)22-23-19(17)12-5-8-20-9-6-12/h3-11H,1-2H3,(H,22,23). The number of pyridine rings is 2. The molecule has 0 aliphatic heterocycles. The molecule has 4 rings (SSSR count). The van der Waals surface area contributed by atoms with Gasteiger partial charge in [-0.25, -0.2) is 0 Å². The third kappa shape index (κ3) is 2.57. The number of hydrogen-bond acceptors (Lipinski definition) is 5. The van der Waals surface area contributed by atoms with Gasteiger partial charge >= 0.3 is 0 Å². The zero-order valence-corrected chi connectivity index (χ0v) is 13.9. The smallest absolute Gasteiger partial charge is 0.161 e. The number of methoxy groups -OCH3 is 2. The summed E-state index contributed by atoms with van der Waals surface area (Å²) in [4.78, 5) is 8.67. The molecule has 4 aromatic rings. The lowest BCUT2D eigenvalue weighted by Crippen LogP contribution is -1.92. The molecular formula is C19H16N4O2. The maximum atomic E-state index is 5.42. The van der Waals surface area contributed by atoms with E-state index in [1.54, 1.807) is 32.8 Å². The molecule has 0 aliphatic rings. The molecule has 0 saturated heterocycles. The van der Waals surface area contributed by atoms with Gasteiger partial charge in [-0.3, -0.25) is 15.1 Å². The van der Waals surface area contributed by atoms with Crippen molar-refractivity contribution in [3.63, 3.8) is 0 Å². The fourth-order valence-corrected chi connectivity index (χ4v) is 2.89. The van der Waals surface area contributed by atoms with E-state index < -0.39 is 0 Å². The van der Waals surface area contributed by atoms with Gasteiger partial charge in [-0.1, -0.05) is 0 Å². The maximum Gasteiger partial charge on any atom is 0.161 e. The lowest BCUT2D eigenvalue weighted by atomic mass is 10.0. The highest BCUT2D eigenvalue weighted by Gasteiger charge is 2.16. The van der Waals surface area contributed by atoms with Crippen LogP contribution in [-0.4, -0.2) is 34.4 Å². The Balaban J connectivity index is 1.95. The molecule has 0 aliphatic carbocycles. The number of aromatic nitrogens is 4. The predicted molar refractivity (Wildman–Crippen MR) is 95.7 cm³/mol. The summed E-state index contributed by atoms with van der Waals surface area (Å²) in [5, 5.41) is 8.52. The van der Waals surface area contributed by atoms with Crippen molar-refractivity contribution in [1.82, 2.24) is 20.2 Å². The van der Waals surface area contributed by atoms with Gasteiger partial charge < -0.3 is 9.47 Å². The summed E-state index contributed by atoms with van der Waals surface area (Å²) >= 11 is 0. The van der Waals surface area contributed by atoms with Gasteiger partial charge in [0, 0.05) is 29.7 Å². The van der Waals surface area contributed by atoms with Gasteiger partial charge in [0.05, 0.1) is 30.8 Å². The maximum absolute atomic E-state index is 5.42. The van der Waals surface area contributed by atoms with Crippen LogP contribution in [0.2, 0.25) is 0 Å². The number of benzene rings is 1. The second-order valence-electron chi connectivity index (χ2n) is 5.46. The molecule has 3 aromatic heterocycles. The van der Waals surface area contributed by atoms with E-state index in [9.17, 15) is 0 Å². The van der Waals surface area contributed by atoms with Gasteiger partial charge in [-0.2, -0.15) is 5.10 Å². The lowest BCUT2D eigenvalue weighted by Gasteiger charge is -2.10. The van der Waals surface area contributed by atoms with Crippen molar-refractivity contribution in [3.8, 4) is 34.0 Å². The van der Waals surface area contributed by atoms with Crippen LogP contribution in [-0.2, 0) is 0 Å². The second kappa shape index (κ2) is 6.24. The first-order valence-electron chi connectivity index (χ1n) is 7.77. The Morgan fingerprint density at radius 3 is 2.36 bits per heavy atom. The molecule has 0 spiro atoms. The van der Waals surface area contributed by atoms with Crippen molar-refractivity contribution >= 4 is 10.9 Å². The first-order valence-corrected chi connectivity index (χ1v) is 7.77. The van der Waals surface area contributed by atoms with Crippen molar-refractivity contribution in [3.05, 3.63) is 55.0 Å². The Kier molecular flexibility index (Phi) is 3.78. The van der Waals surface area contributed by atoms with E-state index in [1.807, 2.05) is 36.4 Å². The minimum atomic E-state index is 0.660. The molecule has 124 valence electrons. The Bertz CT molecular complexity index is 1030. The van der Waals surface area contributed by atoms with E-state index in [-0.39, 0.29) is 0 Å². The summed E-state index contributed by atoms with van der Waals surface area (Å²) in [6.45, 7) is 0. The van der Waals surface area contributed by atoms with Crippen molar-refractivity contribution in [2.75, 3.05) is 14.2 Å². The van der Waals surface area contributed by atoms with Crippen LogP contribution in [0.5, 0.6) is 11.5 Å². The van der Waals surface area contributed by atoms with Gasteiger partial charge in [-0.15, -0.1) is 0 Å². The summed E-state index contributed by atoms with van der Waals surface area (Å²) in [5.41, 5.74) is 4.51. The number of aromatic amines is 1. The molecule has 25 heavy (non-hydrogen) atoms. The van der Waals surface area contributed by atoms with E-state index in [0.717, 1.165) is 33.4 Å². The van der Waals surface area contributed by atoms with Crippen LogP contribution in [0, 0.1) is 0 Å². The molecule has 0 radical (unpaired) electrons. The number of rotatable bonds is 4. The molecule has 1 aromatic carbocycles. The second-order valence-corrected chi connectivity index (χ2v) is 5.46. The van der Waals surface area contributed by atoms with Crippen LogP contribution < -0.4 is 9.47 Å². The van der Waals surface area contributed by atoms with E-state index in [0.29, 0.717) is 11.5 Å². The Labute approximate surface area is 144 Å². The first kappa shape index (κ1) is 15.1. The highest BCUT2D eigenvalue weighted by Crippen LogP contribution is 2.37. The highest BCUT2D eigenvalue weighted by atomic mass is 16.5. The van der Waals surface area contributed by atoms with Gasteiger partial charge in [0.15, 0.2) is 11.5 Å². The SMILES string of the molecule is COc1ccc(-c2nccc3[nH]nc(-c4ccncc4)c23)cc1OC. The normalized spacial score (nSPS) is 10.8. The van der Waals surface area contributed by atoms with Crippen LogP contribution in [0.4, 0.5) is 0 Å². The van der Waals surface area contributed by atoms with Crippen LogP contribution in [0.25, 0.3) is 33.4 Å². The van der Waals surface area contributed by atoms with Crippen molar-refractivity contribution in [2.45, 2.75) is 0 Å². The minimum Gasteiger partial charge on any atom is -0.493 e. The molecule has 3 heterocycles. The lowest BCUT2D eigenvalue weighted by molar-refractivity contribution is 0.355. The predicted octanol–water partition coefficient (Wildman–Crippen LogP) is 3.70. The summed E-state index contributed by atoms with van der Waals surface area (Å²) in [5.74, 6) is 1.34. The third-order valence-electron chi connectivity index (χ3n) is 4.09. The molecule has 0 amide bonds. The molecular weight excluding hydrogens is 316 g/mol. The Morgan fingerprint density at radius 1 is 0.800 bits per heavy atom. The van der Waals surface area contributed by atoms with Crippen LogP contribution in [0.15, 0.2) is 55.0 Å². The van der Waals surface area contributed by atoms with E-state index in [4.69, 9.17) is 9.47 Å². The zero-order chi connectivity index (χ0) is 17.2. The number of ether oxygens (including phenoxy) is 2. The van der Waals surface area contributed by atoms with Crippen molar-refractivity contribution in [1.29, 1.82) is 0 Å². The van der Waals surface area contributed by atoms with Gasteiger partial charge in [0.25, 0.3) is 0 Å². The first-order chi connectivity index (χ1) is 12.3. The number of H-pyrrole nitrogens is 1. The molecule has 0 saturated carbocycles. The molecule has 0 bridgehead atoms. The molecule has 6 nitrogen and oxygen atoms in total. The monoisotopic (exact) mass is 332 g/mol. The topological polar surface area (TPSA) is 72.9 Å². The van der Waals surface area contributed by atoms with E-state index >= 15 is 0 Å². The Morgan fingerprint density at radius 2 is 1.60 bits per heavy atom. The summed E-state index contributed by atoms with van der Waals surface area (Å²) < 4.78 is 10.7. The third-order valence-corrected chi connectivity index (χ3v) is 4.09. The summed E-state index contributed by atoms with van der Waals surface area (Å²) in [6.07, 6.45) is 5.27. The zero-order valence-electron chi connectivity index (χ0n) is 13.9. The Hall–Kier alpha value is -3.41. The number of nitrogens with one attached hydrogen (secondary N) is 1. The highest BCUT2D eigenvalue weighted by molar-refractivity contribution is 6.02. The largest absolute Gasteiger partial charge is 0.493 e. The summed E-state index contributed by atoms with van der Waals surface area (Å²) in [6, 6.07) is 11.5. The average Bonchev–Trinajstić information content (AvgIpc) is 3.12. The molecule has 6 heteroatoms. The van der Waals surface area contributed by atoms with Crippen LogP contribution in [0.1, 0.15) is 0 Å². The number of nitrogens with zero attached hydrogens (tertiary/aromatic N) is 3. The quantitative estimate of drug-likeness (QED) is 0.617.